The Labute approximate surface area is 235 Å². The molecule has 0 unspecified atom stereocenters. The van der Waals surface area contributed by atoms with Crippen molar-refractivity contribution in [3.8, 4) is 0 Å². The summed E-state index contributed by atoms with van der Waals surface area (Å²) >= 11 is 5.92. The number of rotatable bonds is 20. The summed E-state index contributed by atoms with van der Waals surface area (Å²) < 4.78 is 2.40. The van der Waals surface area contributed by atoms with E-state index in [9.17, 15) is 4.79 Å². The van der Waals surface area contributed by atoms with Gasteiger partial charge in [-0.2, -0.15) is 0 Å². The topological polar surface area (TPSA) is 46.9 Å². The van der Waals surface area contributed by atoms with E-state index in [1.165, 1.54) is 95.4 Å². The second kappa shape index (κ2) is 18.0. The number of halogens is 1. The Kier molecular flexibility index (Phi) is 14.3. The van der Waals surface area contributed by atoms with E-state index in [0.29, 0.717) is 17.1 Å². The van der Waals surface area contributed by atoms with Crippen LogP contribution >= 0.6 is 11.6 Å². The molecule has 1 amide bonds. The first-order valence-corrected chi connectivity index (χ1v) is 15.5. The Morgan fingerprint density at radius 3 is 1.97 bits per heavy atom. The van der Waals surface area contributed by atoms with E-state index >= 15 is 0 Å². The van der Waals surface area contributed by atoms with Crippen LogP contribution < -0.4 is 5.32 Å². The van der Waals surface area contributed by atoms with Gasteiger partial charge in [0.1, 0.15) is 5.82 Å². The van der Waals surface area contributed by atoms with Crippen molar-refractivity contribution in [1.29, 1.82) is 0 Å². The van der Waals surface area contributed by atoms with Crippen molar-refractivity contribution in [2.24, 2.45) is 0 Å². The number of benzene rings is 2. The van der Waals surface area contributed by atoms with Crippen molar-refractivity contribution in [1.82, 2.24) is 14.9 Å². The predicted molar refractivity (Wildman–Crippen MR) is 162 cm³/mol. The lowest BCUT2D eigenvalue weighted by molar-refractivity contribution is 0.0953. The Hall–Kier alpha value is -2.33. The first-order valence-electron chi connectivity index (χ1n) is 15.2. The number of hydrogen-bond donors (Lipinski definition) is 1. The van der Waals surface area contributed by atoms with Crippen molar-refractivity contribution in [2.45, 2.75) is 116 Å². The van der Waals surface area contributed by atoms with Crippen LogP contribution in [0.15, 0.2) is 48.5 Å². The van der Waals surface area contributed by atoms with E-state index in [1.807, 2.05) is 0 Å². The minimum absolute atomic E-state index is 0.0578. The third kappa shape index (κ3) is 10.8. The highest BCUT2D eigenvalue weighted by atomic mass is 35.5. The highest BCUT2D eigenvalue weighted by molar-refractivity contribution is 6.30. The molecule has 0 aliphatic rings. The van der Waals surface area contributed by atoms with Gasteiger partial charge in [0.05, 0.1) is 11.0 Å². The summed E-state index contributed by atoms with van der Waals surface area (Å²) in [5, 5.41) is 3.66. The van der Waals surface area contributed by atoms with Crippen LogP contribution in [0.3, 0.4) is 0 Å². The average Bonchev–Trinajstić information content (AvgIpc) is 3.28. The minimum atomic E-state index is -0.0578. The number of para-hydroxylation sites is 2. The molecule has 0 aliphatic carbocycles. The lowest BCUT2D eigenvalue weighted by atomic mass is 10.0. The van der Waals surface area contributed by atoms with Crippen molar-refractivity contribution in [3.05, 3.63) is 64.9 Å². The SMILES string of the molecule is CCCCCCCCCCCCCCCCn1c(CCCNC(=O)c2ccc(Cl)cc2)nc2ccccc21. The molecule has 0 atom stereocenters. The normalized spacial score (nSPS) is 11.3. The molecule has 3 rings (SSSR count). The monoisotopic (exact) mass is 537 g/mol. The van der Waals surface area contributed by atoms with Gasteiger partial charge in [0.2, 0.25) is 0 Å². The lowest BCUT2D eigenvalue weighted by Crippen LogP contribution is -2.25. The quantitative estimate of drug-likeness (QED) is 0.146. The Bertz CT molecular complexity index is 1060. The molecule has 0 aliphatic heterocycles. The fraction of sp³-hybridized carbons (Fsp3) is 0.576. The summed E-state index contributed by atoms with van der Waals surface area (Å²) in [5.41, 5.74) is 2.93. The molecule has 3 aromatic rings. The lowest BCUT2D eigenvalue weighted by Gasteiger charge is -2.10. The maximum absolute atomic E-state index is 12.4. The van der Waals surface area contributed by atoms with Gasteiger partial charge in [-0.1, -0.05) is 114 Å². The first-order chi connectivity index (χ1) is 18.7. The molecule has 2 aromatic carbocycles. The molecule has 0 bridgehead atoms. The van der Waals surface area contributed by atoms with Crippen LogP contribution in [-0.4, -0.2) is 22.0 Å². The van der Waals surface area contributed by atoms with Gasteiger partial charge < -0.3 is 9.88 Å². The number of aryl methyl sites for hydroxylation is 2. The minimum Gasteiger partial charge on any atom is -0.352 e. The number of carbonyl (C=O) groups excluding carboxylic acids is 1. The zero-order chi connectivity index (χ0) is 26.8. The molecular formula is C33H48ClN3O. The van der Waals surface area contributed by atoms with Gasteiger partial charge in [0.15, 0.2) is 0 Å². The van der Waals surface area contributed by atoms with Crippen LogP contribution in [-0.2, 0) is 13.0 Å². The molecule has 0 saturated heterocycles. The standard InChI is InChI=1S/C33H48ClN3O/c1-2-3-4-5-6-7-8-9-10-11-12-13-14-17-27-37-31-20-16-15-19-30(31)36-32(37)21-18-26-35-33(38)28-22-24-29(34)25-23-28/h15-16,19-20,22-25H,2-14,17-18,21,26-27H2,1H3,(H,35,38). The largest absolute Gasteiger partial charge is 0.352 e. The molecule has 1 N–H and O–H groups in total. The van der Waals surface area contributed by atoms with Crippen LogP contribution in [0.1, 0.15) is 119 Å². The third-order valence-electron chi connectivity index (χ3n) is 7.44. The van der Waals surface area contributed by atoms with Crippen LogP contribution in [0, 0.1) is 0 Å². The van der Waals surface area contributed by atoms with E-state index in [0.717, 1.165) is 30.7 Å². The third-order valence-corrected chi connectivity index (χ3v) is 7.69. The van der Waals surface area contributed by atoms with Crippen molar-refractivity contribution >= 4 is 28.5 Å². The highest BCUT2D eigenvalue weighted by Gasteiger charge is 2.11. The van der Waals surface area contributed by atoms with Crippen molar-refractivity contribution in [3.63, 3.8) is 0 Å². The van der Waals surface area contributed by atoms with E-state index in [-0.39, 0.29) is 5.91 Å². The summed E-state index contributed by atoms with van der Waals surface area (Å²) in [7, 11) is 0. The Morgan fingerprint density at radius 1 is 0.763 bits per heavy atom. The van der Waals surface area contributed by atoms with Gasteiger partial charge in [-0.25, -0.2) is 4.98 Å². The maximum Gasteiger partial charge on any atom is 0.251 e. The molecule has 1 aromatic heterocycles. The van der Waals surface area contributed by atoms with Crippen LogP contribution in [0.5, 0.6) is 0 Å². The van der Waals surface area contributed by atoms with Crippen LogP contribution in [0.25, 0.3) is 11.0 Å². The summed E-state index contributed by atoms with van der Waals surface area (Å²) in [6, 6.07) is 15.4. The number of fused-ring (bicyclic) bond motifs is 1. The predicted octanol–water partition coefficient (Wildman–Crippen LogP) is 9.53. The van der Waals surface area contributed by atoms with E-state index in [1.54, 1.807) is 24.3 Å². The molecule has 0 radical (unpaired) electrons. The highest BCUT2D eigenvalue weighted by Crippen LogP contribution is 2.19. The zero-order valence-electron chi connectivity index (χ0n) is 23.5. The number of aromatic nitrogens is 2. The number of hydrogen-bond acceptors (Lipinski definition) is 2. The first kappa shape index (κ1) is 30.2. The average molecular weight is 538 g/mol. The molecule has 1 heterocycles. The number of unbranched alkanes of at least 4 members (excludes halogenated alkanes) is 13. The molecule has 0 spiro atoms. The van der Waals surface area contributed by atoms with Gasteiger partial charge in [-0.3, -0.25) is 4.79 Å². The number of nitrogens with one attached hydrogen (secondary N) is 1. The van der Waals surface area contributed by atoms with Gasteiger partial charge in [0.25, 0.3) is 5.91 Å². The summed E-state index contributed by atoms with van der Waals surface area (Å²) in [4.78, 5) is 17.3. The fourth-order valence-corrected chi connectivity index (χ4v) is 5.31. The molecule has 0 fully saturated rings. The second-order valence-electron chi connectivity index (χ2n) is 10.6. The number of amides is 1. The molecule has 5 heteroatoms. The molecule has 4 nitrogen and oxygen atoms in total. The summed E-state index contributed by atoms with van der Waals surface area (Å²) in [5.74, 6) is 1.07. The van der Waals surface area contributed by atoms with E-state index in [4.69, 9.17) is 16.6 Å². The van der Waals surface area contributed by atoms with Gasteiger partial charge >= 0.3 is 0 Å². The van der Waals surface area contributed by atoms with Gasteiger partial charge in [0, 0.05) is 30.1 Å². The number of carbonyl (C=O) groups is 1. The molecule has 0 saturated carbocycles. The van der Waals surface area contributed by atoms with Crippen LogP contribution in [0.4, 0.5) is 0 Å². The molecular weight excluding hydrogens is 490 g/mol. The van der Waals surface area contributed by atoms with Gasteiger partial charge in [-0.15, -0.1) is 0 Å². The van der Waals surface area contributed by atoms with Crippen molar-refractivity contribution in [2.75, 3.05) is 6.54 Å². The van der Waals surface area contributed by atoms with Gasteiger partial charge in [-0.05, 0) is 49.2 Å². The maximum atomic E-state index is 12.4. The Balaban J connectivity index is 1.32. The molecule has 38 heavy (non-hydrogen) atoms. The number of imidazole rings is 1. The number of nitrogens with zero attached hydrogens (tertiary/aromatic N) is 2. The second-order valence-corrected chi connectivity index (χ2v) is 11.1. The smallest absolute Gasteiger partial charge is 0.251 e. The van der Waals surface area contributed by atoms with Crippen molar-refractivity contribution < 1.29 is 4.79 Å². The summed E-state index contributed by atoms with van der Waals surface area (Å²) in [6.07, 6.45) is 21.0. The Morgan fingerprint density at radius 2 is 1.34 bits per heavy atom. The zero-order valence-corrected chi connectivity index (χ0v) is 24.3. The molecule has 208 valence electrons. The fourth-order valence-electron chi connectivity index (χ4n) is 5.18. The summed E-state index contributed by atoms with van der Waals surface area (Å²) in [6.45, 7) is 3.93. The van der Waals surface area contributed by atoms with E-state index in [2.05, 4.69) is 41.1 Å². The van der Waals surface area contributed by atoms with Crippen LogP contribution in [0.2, 0.25) is 5.02 Å². The van der Waals surface area contributed by atoms with E-state index < -0.39 is 0 Å².